The first-order valence-electron chi connectivity index (χ1n) is 31.5. The van der Waals surface area contributed by atoms with Gasteiger partial charge in [0.25, 0.3) is 0 Å². The zero-order chi connectivity index (χ0) is 51.4. The molecule has 0 heterocycles. The maximum Gasteiger partial charge on any atom is 0.306 e. The quantitative estimate of drug-likeness (QED) is 0.0261. The standard InChI is InChI=1S/C65H120O6/c1-4-7-10-13-16-19-22-24-25-26-27-28-29-30-31-32-33-34-35-36-37-38-39-40-42-43-46-49-52-55-58-64(67)70-61-62(60-69-63(66)57-54-51-48-45-21-18-15-12-9-6-3)71-65(68)59-56-53-50-47-44-41-23-20-17-14-11-8-5-2/h11-12,14-15,20,23,62H,4-10,13,16-19,21-22,24-61H2,1-3H3/b14-11-,15-12-,23-20-. The van der Waals surface area contributed by atoms with Crippen molar-refractivity contribution in [1.82, 2.24) is 0 Å². The second-order valence-corrected chi connectivity index (χ2v) is 21.3. The number of carbonyl (C=O) groups is 3. The summed E-state index contributed by atoms with van der Waals surface area (Å²) in [5.41, 5.74) is 0. The number of rotatable bonds is 58. The monoisotopic (exact) mass is 997 g/mol. The van der Waals surface area contributed by atoms with Crippen molar-refractivity contribution in [1.29, 1.82) is 0 Å². The first-order valence-corrected chi connectivity index (χ1v) is 31.5. The third-order valence-electron chi connectivity index (χ3n) is 14.1. The van der Waals surface area contributed by atoms with E-state index in [4.69, 9.17) is 14.2 Å². The van der Waals surface area contributed by atoms with E-state index in [2.05, 4.69) is 57.2 Å². The summed E-state index contributed by atoms with van der Waals surface area (Å²) in [5, 5.41) is 0. The van der Waals surface area contributed by atoms with E-state index in [0.717, 1.165) is 103 Å². The lowest BCUT2D eigenvalue weighted by atomic mass is 10.0. The van der Waals surface area contributed by atoms with Gasteiger partial charge in [0.1, 0.15) is 13.2 Å². The molecule has 0 saturated heterocycles. The molecule has 0 aliphatic carbocycles. The van der Waals surface area contributed by atoms with Crippen LogP contribution in [-0.4, -0.2) is 37.2 Å². The number of carbonyl (C=O) groups excluding carboxylic acids is 3. The fourth-order valence-corrected chi connectivity index (χ4v) is 9.37. The topological polar surface area (TPSA) is 78.9 Å². The van der Waals surface area contributed by atoms with E-state index in [0.29, 0.717) is 19.3 Å². The van der Waals surface area contributed by atoms with E-state index in [1.165, 1.54) is 199 Å². The molecule has 0 bridgehead atoms. The summed E-state index contributed by atoms with van der Waals surface area (Å²) in [6, 6.07) is 0. The van der Waals surface area contributed by atoms with E-state index >= 15 is 0 Å². The first-order chi connectivity index (χ1) is 35.0. The largest absolute Gasteiger partial charge is 0.462 e. The van der Waals surface area contributed by atoms with Crippen molar-refractivity contribution in [3.05, 3.63) is 36.5 Å². The summed E-state index contributed by atoms with van der Waals surface area (Å²) in [7, 11) is 0. The second kappa shape index (κ2) is 60.2. The first kappa shape index (κ1) is 68.6. The molecule has 1 unspecified atom stereocenters. The highest BCUT2D eigenvalue weighted by molar-refractivity contribution is 5.71. The fraction of sp³-hybridized carbons (Fsp3) is 0.862. The highest BCUT2D eigenvalue weighted by Crippen LogP contribution is 2.18. The van der Waals surface area contributed by atoms with Crippen LogP contribution in [-0.2, 0) is 28.6 Å². The van der Waals surface area contributed by atoms with Crippen LogP contribution in [0.4, 0.5) is 0 Å². The van der Waals surface area contributed by atoms with Crippen LogP contribution in [0.5, 0.6) is 0 Å². The summed E-state index contributed by atoms with van der Waals surface area (Å²) in [5.74, 6) is -0.887. The van der Waals surface area contributed by atoms with Crippen molar-refractivity contribution in [2.24, 2.45) is 0 Å². The van der Waals surface area contributed by atoms with Crippen molar-refractivity contribution in [2.45, 2.75) is 348 Å². The van der Waals surface area contributed by atoms with Crippen LogP contribution in [0.2, 0.25) is 0 Å². The molecule has 0 aliphatic rings. The summed E-state index contributed by atoms with van der Waals surface area (Å²) in [4.78, 5) is 38.1. The summed E-state index contributed by atoms with van der Waals surface area (Å²) >= 11 is 0. The Kier molecular flexibility index (Phi) is 58.2. The van der Waals surface area contributed by atoms with Gasteiger partial charge in [0.05, 0.1) is 0 Å². The van der Waals surface area contributed by atoms with E-state index in [1.807, 2.05) is 0 Å². The molecule has 0 radical (unpaired) electrons. The Labute approximate surface area is 442 Å². The lowest BCUT2D eigenvalue weighted by Crippen LogP contribution is -2.30. The van der Waals surface area contributed by atoms with Crippen molar-refractivity contribution >= 4 is 17.9 Å². The summed E-state index contributed by atoms with van der Waals surface area (Å²) in [6.45, 7) is 6.54. The van der Waals surface area contributed by atoms with Crippen molar-refractivity contribution in [3.63, 3.8) is 0 Å². The number of ether oxygens (including phenoxy) is 3. The molecule has 0 aromatic rings. The van der Waals surface area contributed by atoms with Crippen molar-refractivity contribution in [2.75, 3.05) is 13.2 Å². The number of hydrogen-bond acceptors (Lipinski definition) is 6. The molecule has 0 aliphatic heterocycles. The van der Waals surface area contributed by atoms with Gasteiger partial charge in [0, 0.05) is 19.3 Å². The van der Waals surface area contributed by atoms with Gasteiger partial charge in [-0.1, -0.05) is 295 Å². The molecular weight excluding hydrogens is 877 g/mol. The molecule has 0 aromatic heterocycles. The Morgan fingerprint density at radius 1 is 0.282 bits per heavy atom. The number of esters is 3. The van der Waals surface area contributed by atoms with Crippen molar-refractivity contribution < 1.29 is 28.6 Å². The van der Waals surface area contributed by atoms with Crippen LogP contribution in [0, 0.1) is 0 Å². The van der Waals surface area contributed by atoms with Crippen LogP contribution in [0.3, 0.4) is 0 Å². The van der Waals surface area contributed by atoms with Crippen LogP contribution >= 0.6 is 0 Å². The van der Waals surface area contributed by atoms with Crippen LogP contribution < -0.4 is 0 Å². The number of allylic oxidation sites excluding steroid dienone is 6. The molecule has 0 N–H and O–H groups in total. The van der Waals surface area contributed by atoms with Gasteiger partial charge in [0.2, 0.25) is 0 Å². The second-order valence-electron chi connectivity index (χ2n) is 21.3. The SMILES string of the molecule is CCC/C=C\C/C=C\CCCCCCCC(=O)OC(COC(=O)CCCCCCC/C=C\CCC)COC(=O)CCCCCCCCCCCCCCCCCCCCCCCCCCCCCCCC. The van der Waals surface area contributed by atoms with Crippen LogP contribution in [0.15, 0.2) is 36.5 Å². The van der Waals surface area contributed by atoms with Gasteiger partial charge < -0.3 is 14.2 Å². The normalized spacial score (nSPS) is 12.2. The maximum atomic E-state index is 12.8. The third kappa shape index (κ3) is 58.4. The Morgan fingerprint density at radius 2 is 0.535 bits per heavy atom. The highest BCUT2D eigenvalue weighted by Gasteiger charge is 2.19. The Morgan fingerprint density at radius 3 is 0.859 bits per heavy atom. The van der Waals surface area contributed by atoms with Crippen LogP contribution in [0.25, 0.3) is 0 Å². The maximum absolute atomic E-state index is 12.8. The van der Waals surface area contributed by atoms with E-state index in [1.54, 1.807) is 0 Å². The average Bonchev–Trinajstić information content (AvgIpc) is 3.37. The van der Waals surface area contributed by atoms with Gasteiger partial charge in [-0.05, 0) is 64.2 Å². The van der Waals surface area contributed by atoms with E-state index in [-0.39, 0.29) is 31.1 Å². The zero-order valence-electron chi connectivity index (χ0n) is 47.8. The third-order valence-corrected chi connectivity index (χ3v) is 14.1. The molecule has 6 nitrogen and oxygen atoms in total. The molecule has 71 heavy (non-hydrogen) atoms. The molecule has 0 aromatic carbocycles. The predicted octanol–water partition coefficient (Wildman–Crippen LogP) is 21.2. The van der Waals surface area contributed by atoms with Gasteiger partial charge in [-0.3, -0.25) is 14.4 Å². The molecule has 6 heteroatoms. The molecule has 0 spiro atoms. The Hall–Kier alpha value is -2.37. The van der Waals surface area contributed by atoms with E-state index < -0.39 is 6.10 Å². The van der Waals surface area contributed by atoms with Gasteiger partial charge in [-0.15, -0.1) is 0 Å². The van der Waals surface area contributed by atoms with Gasteiger partial charge in [0.15, 0.2) is 6.10 Å². The molecule has 0 rings (SSSR count). The minimum atomic E-state index is -0.779. The molecular formula is C65H120O6. The summed E-state index contributed by atoms with van der Waals surface area (Å²) < 4.78 is 16.8. The predicted molar refractivity (Wildman–Crippen MR) is 307 cm³/mol. The smallest absolute Gasteiger partial charge is 0.306 e. The zero-order valence-corrected chi connectivity index (χ0v) is 47.8. The fourth-order valence-electron chi connectivity index (χ4n) is 9.37. The van der Waals surface area contributed by atoms with Gasteiger partial charge in [-0.25, -0.2) is 0 Å². The van der Waals surface area contributed by atoms with E-state index in [9.17, 15) is 14.4 Å². The Bertz CT molecular complexity index is 1190. The molecule has 416 valence electrons. The number of hydrogen-bond donors (Lipinski definition) is 0. The number of unbranched alkanes of at least 4 members (excludes halogenated alkanes) is 41. The minimum absolute atomic E-state index is 0.0773. The molecule has 0 amide bonds. The molecule has 0 saturated carbocycles. The summed E-state index contributed by atoms with van der Waals surface area (Å²) in [6.07, 6.45) is 73.3. The highest BCUT2D eigenvalue weighted by atomic mass is 16.6. The van der Waals surface area contributed by atoms with Gasteiger partial charge in [-0.2, -0.15) is 0 Å². The van der Waals surface area contributed by atoms with Gasteiger partial charge >= 0.3 is 17.9 Å². The lowest BCUT2D eigenvalue weighted by molar-refractivity contribution is -0.167. The van der Waals surface area contributed by atoms with Crippen LogP contribution in [0.1, 0.15) is 342 Å². The Balaban J connectivity index is 4.04. The molecule has 1 atom stereocenters. The minimum Gasteiger partial charge on any atom is -0.462 e. The molecule has 0 fully saturated rings. The lowest BCUT2D eigenvalue weighted by Gasteiger charge is -2.18. The van der Waals surface area contributed by atoms with Crippen molar-refractivity contribution in [3.8, 4) is 0 Å². The average molecular weight is 998 g/mol.